The standard InChI is InChI=1S/C16H16O3/c1-3-19-14-6-4-12(5-7-14)16-9-8-15(18-2)10-13(16)11-17/h4-11H,3H2,1-2H3. The Morgan fingerprint density at radius 2 is 1.74 bits per heavy atom. The average molecular weight is 256 g/mol. The molecule has 2 aromatic carbocycles. The highest BCUT2D eigenvalue weighted by atomic mass is 16.5. The molecule has 0 radical (unpaired) electrons. The van der Waals surface area contributed by atoms with Crippen LogP contribution in [-0.4, -0.2) is 20.0 Å². The second-order valence-electron chi connectivity index (χ2n) is 4.03. The first-order chi connectivity index (χ1) is 9.28. The third-order valence-corrected chi connectivity index (χ3v) is 2.86. The Morgan fingerprint density at radius 3 is 2.32 bits per heavy atom. The molecule has 0 heterocycles. The van der Waals surface area contributed by atoms with Gasteiger partial charge in [-0.05, 0) is 48.4 Å². The van der Waals surface area contributed by atoms with E-state index < -0.39 is 0 Å². The van der Waals surface area contributed by atoms with Gasteiger partial charge in [0.25, 0.3) is 0 Å². The van der Waals surface area contributed by atoms with E-state index >= 15 is 0 Å². The fraction of sp³-hybridized carbons (Fsp3) is 0.188. The molecule has 19 heavy (non-hydrogen) atoms. The summed E-state index contributed by atoms with van der Waals surface area (Å²) in [5.41, 5.74) is 2.48. The van der Waals surface area contributed by atoms with Gasteiger partial charge in [-0.1, -0.05) is 12.1 Å². The molecule has 0 aliphatic carbocycles. The fourth-order valence-electron chi connectivity index (χ4n) is 1.93. The number of methoxy groups -OCH3 is 1. The van der Waals surface area contributed by atoms with E-state index in [-0.39, 0.29) is 0 Å². The Bertz CT molecular complexity index is 559. The first-order valence-corrected chi connectivity index (χ1v) is 6.15. The summed E-state index contributed by atoms with van der Waals surface area (Å²) in [6.07, 6.45) is 0.842. The lowest BCUT2D eigenvalue weighted by atomic mass is 10.00. The van der Waals surface area contributed by atoms with Crippen LogP contribution in [0.5, 0.6) is 11.5 Å². The molecule has 0 amide bonds. The number of hydrogen-bond donors (Lipinski definition) is 0. The number of ether oxygens (including phenoxy) is 2. The van der Waals surface area contributed by atoms with Crippen LogP contribution in [0.4, 0.5) is 0 Å². The van der Waals surface area contributed by atoms with Crippen LogP contribution in [0.25, 0.3) is 11.1 Å². The number of rotatable bonds is 5. The van der Waals surface area contributed by atoms with E-state index in [2.05, 4.69) is 0 Å². The van der Waals surface area contributed by atoms with E-state index in [1.165, 1.54) is 0 Å². The van der Waals surface area contributed by atoms with Gasteiger partial charge in [0.1, 0.15) is 11.5 Å². The highest BCUT2D eigenvalue weighted by molar-refractivity contribution is 5.88. The van der Waals surface area contributed by atoms with Crippen molar-refractivity contribution in [2.45, 2.75) is 6.92 Å². The summed E-state index contributed by atoms with van der Waals surface area (Å²) < 4.78 is 10.5. The maximum Gasteiger partial charge on any atom is 0.150 e. The lowest BCUT2D eigenvalue weighted by Crippen LogP contribution is -1.92. The molecule has 2 rings (SSSR count). The van der Waals surface area contributed by atoms with Crippen LogP contribution in [0.3, 0.4) is 0 Å². The van der Waals surface area contributed by atoms with Gasteiger partial charge in [0.2, 0.25) is 0 Å². The van der Waals surface area contributed by atoms with Crippen LogP contribution < -0.4 is 9.47 Å². The van der Waals surface area contributed by atoms with E-state index in [9.17, 15) is 4.79 Å². The molecule has 0 spiro atoms. The van der Waals surface area contributed by atoms with E-state index in [4.69, 9.17) is 9.47 Å². The van der Waals surface area contributed by atoms with E-state index in [1.807, 2.05) is 43.3 Å². The van der Waals surface area contributed by atoms with Crippen LogP contribution in [0.1, 0.15) is 17.3 Å². The summed E-state index contributed by atoms with van der Waals surface area (Å²) in [5.74, 6) is 1.50. The molecule has 98 valence electrons. The lowest BCUT2D eigenvalue weighted by Gasteiger charge is -2.09. The molecule has 0 aliphatic heterocycles. The zero-order chi connectivity index (χ0) is 13.7. The van der Waals surface area contributed by atoms with Gasteiger partial charge in [0.05, 0.1) is 13.7 Å². The molecule has 0 aromatic heterocycles. The van der Waals surface area contributed by atoms with Gasteiger partial charge in [-0.15, -0.1) is 0 Å². The fourth-order valence-corrected chi connectivity index (χ4v) is 1.93. The van der Waals surface area contributed by atoms with E-state index in [0.29, 0.717) is 17.9 Å². The smallest absolute Gasteiger partial charge is 0.150 e. The van der Waals surface area contributed by atoms with E-state index in [1.54, 1.807) is 13.2 Å². The first-order valence-electron chi connectivity index (χ1n) is 6.15. The van der Waals surface area contributed by atoms with Gasteiger partial charge in [0, 0.05) is 5.56 Å². The van der Waals surface area contributed by atoms with Gasteiger partial charge in [-0.25, -0.2) is 0 Å². The molecule has 0 N–H and O–H groups in total. The average Bonchev–Trinajstić information content (AvgIpc) is 2.48. The van der Waals surface area contributed by atoms with Crippen molar-refractivity contribution in [1.82, 2.24) is 0 Å². The number of hydrogen-bond acceptors (Lipinski definition) is 3. The molecule has 0 fully saturated rings. The molecule has 0 atom stereocenters. The van der Waals surface area contributed by atoms with Crippen molar-refractivity contribution < 1.29 is 14.3 Å². The van der Waals surface area contributed by atoms with Gasteiger partial charge in [-0.3, -0.25) is 4.79 Å². The van der Waals surface area contributed by atoms with Gasteiger partial charge in [-0.2, -0.15) is 0 Å². The molecule has 0 saturated heterocycles. The zero-order valence-electron chi connectivity index (χ0n) is 11.1. The maximum atomic E-state index is 11.2. The van der Waals surface area contributed by atoms with Crippen molar-refractivity contribution in [3.8, 4) is 22.6 Å². The molecule has 2 aromatic rings. The quantitative estimate of drug-likeness (QED) is 0.767. The molecule has 3 nitrogen and oxygen atoms in total. The largest absolute Gasteiger partial charge is 0.497 e. The molecule has 0 bridgehead atoms. The Hall–Kier alpha value is -2.29. The predicted octanol–water partition coefficient (Wildman–Crippen LogP) is 3.57. The van der Waals surface area contributed by atoms with Crippen molar-refractivity contribution in [1.29, 1.82) is 0 Å². The molecule has 0 unspecified atom stereocenters. The topological polar surface area (TPSA) is 35.5 Å². The number of benzene rings is 2. The molecule has 0 aliphatic rings. The van der Waals surface area contributed by atoms with Crippen molar-refractivity contribution in [2.75, 3.05) is 13.7 Å². The normalized spacial score (nSPS) is 10.0. The number of aldehydes is 1. The molecular weight excluding hydrogens is 240 g/mol. The highest BCUT2D eigenvalue weighted by Crippen LogP contribution is 2.27. The number of carbonyl (C=O) groups is 1. The minimum Gasteiger partial charge on any atom is -0.497 e. The Kier molecular flexibility index (Phi) is 4.18. The molecule has 3 heteroatoms. The minimum absolute atomic E-state index is 0.614. The second-order valence-corrected chi connectivity index (χ2v) is 4.03. The zero-order valence-corrected chi connectivity index (χ0v) is 11.1. The third kappa shape index (κ3) is 2.94. The van der Waals surface area contributed by atoms with Crippen molar-refractivity contribution in [2.24, 2.45) is 0 Å². The number of carbonyl (C=O) groups excluding carboxylic acids is 1. The van der Waals surface area contributed by atoms with Crippen LogP contribution in [0, 0.1) is 0 Å². The predicted molar refractivity (Wildman–Crippen MR) is 75.0 cm³/mol. The first kappa shape index (κ1) is 13.1. The Morgan fingerprint density at radius 1 is 1.05 bits per heavy atom. The second kappa shape index (κ2) is 6.05. The summed E-state index contributed by atoms with van der Waals surface area (Å²) in [6, 6.07) is 13.2. The maximum absolute atomic E-state index is 11.2. The van der Waals surface area contributed by atoms with Crippen LogP contribution in [0.2, 0.25) is 0 Å². The highest BCUT2D eigenvalue weighted by Gasteiger charge is 2.06. The summed E-state index contributed by atoms with van der Waals surface area (Å²) >= 11 is 0. The monoisotopic (exact) mass is 256 g/mol. The summed E-state index contributed by atoms with van der Waals surface area (Å²) in [4.78, 5) is 11.2. The van der Waals surface area contributed by atoms with Crippen molar-refractivity contribution in [3.63, 3.8) is 0 Å². The van der Waals surface area contributed by atoms with Crippen LogP contribution >= 0.6 is 0 Å². The van der Waals surface area contributed by atoms with Crippen molar-refractivity contribution >= 4 is 6.29 Å². The van der Waals surface area contributed by atoms with E-state index in [0.717, 1.165) is 23.2 Å². The lowest BCUT2D eigenvalue weighted by molar-refractivity contribution is 0.112. The molecule has 0 saturated carbocycles. The Balaban J connectivity index is 2.37. The summed E-state index contributed by atoms with van der Waals surface area (Å²) in [6.45, 7) is 2.59. The van der Waals surface area contributed by atoms with Gasteiger partial charge >= 0.3 is 0 Å². The van der Waals surface area contributed by atoms with Crippen molar-refractivity contribution in [3.05, 3.63) is 48.0 Å². The SMILES string of the molecule is CCOc1ccc(-c2ccc(OC)cc2C=O)cc1. The van der Waals surface area contributed by atoms with Gasteiger partial charge < -0.3 is 9.47 Å². The van der Waals surface area contributed by atoms with Crippen LogP contribution in [0.15, 0.2) is 42.5 Å². The Labute approximate surface area is 112 Å². The third-order valence-electron chi connectivity index (χ3n) is 2.86. The molecular formula is C16H16O3. The minimum atomic E-state index is 0.614. The summed E-state index contributed by atoms with van der Waals surface area (Å²) in [5, 5.41) is 0. The van der Waals surface area contributed by atoms with Gasteiger partial charge in [0.15, 0.2) is 6.29 Å². The summed E-state index contributed by atoms with van der Waals surface area (Å²) in [7, 11) is 1.58. The van der Waals surface area contributed by atoms with Crippen LogP contribution in [-0.2, 0) is 0 Å².